The average Bonchev–Trinajstić information content (AvgIpc) is 2.56. The van der Waals surface area contributed by atoms with E-state index in [1.54, 1.807) is 24.3 Å². The summed E-state index contributed by atoms with van der Waals surface area (Å²) in [4.78, 5) is 12.2. The van der Waals surface area contributed by atoms with Gasteiger partial charge in [0.25, 0.3) is 5.91 Å². The van der Waals surface area contributed by atoms with Crippen LogP contribution in [0.1, 0.15) is 10.4 Å². The predicted molar refractivity (Wildman–Crippen MR) is 95.1 cm³/mol. The molecule has 0 radical (unpaired) electrons. The summed E-state index contributed by atoms with van der Waals surface area (Å²) in [6.45, 7) is 0. The van der Waals surface area contributed by atoms with Crippen molar-refractivity contribution in [1.29, 1.82) is 0 Å². The molecule has 0 aromatic heterocycles. The van der Waals surface area contributed by atoms with E-state index in [4.69, 9.17) is 4.74 Å². The van der Waals surface area contributed by atoms with Gasteiger partial charge in [-0.1, -0.05) is 40.2 Å². The summed E-state index contributed by atoms with van der Waals surface area (Å²) in [5.74, 6) is 1.29. The first-order valence-electron chi connectivity index (χ1n) is 7.10. The first-order chi connectivity index (χ1) is 11.2. The second kappa shape index (κ2) is 7.11. The monoisotopic (exact) mass is 367 g/mol. The van der Waals surface area contributed by atoms with E-state index >= 15 is 0 Å². The van der Waals surface area contributed by atoms with E-state index in [1.807, 2.05) is 54.6 Å². The Balaban J connectivity index is 1.68. The molecule has 0 aliphatic heterocycles. The molecule has 0 bridgehead atoms. The van der Waals surface area contributed by atoms with E-state index < -0.39 is 0 Å². The van der Waals surface area contributed by atoms with Crippen molar-refractivity contribution in [2.24, 2.45) is 0 Å². The SMILES string of the molecule is O=C(Nc1cccc(Br)c1)c1ccc(Oc2ccccc2)cc1. The minimum atomic E-state index is -0.158. The molecule has 0 saturated heterocycles. The Bertz CT molecular complexity index is 801. The Hall–Kier alpha value is -2.59. The van der Waals surface area contributed by atoms with Gasteiger partial charge >= 0.3 is 0 Å². The van der Waals surface area contributed by atoms with Gasteiger partial charge in [0.2, 0.25) is 0 Å². The minimum Gasteiger partial charge on any atom is -0.457 e. The molecule has 3 rings (SSSR count). The molecule has 0 heterocycles. The maximum atomic E-state index is 12.2. The zero-order valence-corrected chi connectivity index (χ0v) is 13.8. The summed E-state index contributed by atoms with van der Waals surface area (Å²) in [5.41, 5.74) is 1.32. The van der Waals surface area contributed by atoms with Gasteiger partial charge in [0.15, 0.2) is 0 Å². The highest BCUT2D eigenvalue weighted by atomic mass is 79.9. The molecule has 23 heavy (non-hydrogen) atoms. The topological polar surface area (TPSA) is 38.3 Å². The maximum absolute atomic E-state index is 12.2. The lowest BCUT2D eigenvalue weighted by Crippen LogP contribution is -2.11. The summed E-state index contributed by atoms with van der Waals surface area (Å²) >= 11 is 3.38. The number of carbonyl (C=O) groups is 1. The minimum absolute atomic E-state index is 0.158. The molecule has 0 aliphatic rings. The number of benzene rings is 3. The maximum Gasteiger partial charge on any atom is 0.255 e. The average molecular weight is 368 g/mol. The second-order valence-corrected chi connectivity index (χ2v) is 5.82. The van der Waals surface area contributed by atoms with Gasteiger partial charge < -0.3 is 10.1 Å². The van der Waals surface area contributed by atoms with Gasteiger partial charge in [0.1, 0.15) is 11.5 Å². The van der Waals surface area contributed by atoms with Crippen LogP contribution in [0.3, 0.4) is 0 Å². The fourth-order valence-electron chi connectivity index (χ4n) is 2.07. The molecule has 114 valence electrons. The lowest BCUT2D eigenvalue weighted by atomic mass is 10.2. The van der Waals surface area contributed by atoms with Crippen molar-refractivity contribution in [2.75, 3.05) is 5.32 Å². The third-order valence-corrected chi connectivity index (χ3v) is 3.67. The van der Waals surface area contributed by atoms with Crippen LogP contribution in [-0.2, 0) is 0 Å². The summed E-state index contributed by atoms with van der Waals surface area (Å²) < 4.78 is 6.63. The number of anilines is 1. The van der Waals surface area contributed by atoms with Gasteiger partial charge in [-0.25, -0.2) is 0 Å². The van der Waals surface area contributed by atoms with Crippen molar-refractivity contribution in [3.05, 3.63) is 88.9 Å². The van der Waals surface area contributed by atoms with Crippen LogP contribution in [0.4, 0.5) is 5.69 Å². The highest BCUT2D eigenvalue weighted by Gasteiger charge is 2.07. The Kier molecular flexibility index (Phi) is 4.74. The standard InChI is InChI=1S/C19H14BrNO2/c20-15-5-4-6-16(13-15)21-19(22)14-9-11-18(12-10-14)23-17-7-2-1-3-8-17/h1-13H,(H,21,22). The largest absolute Gasteiger partial charge is 0.457 e. The number of hydrogen-bond donors (Lipinski definition) is 1. The van der Waals surface area contributed by atoms with Gasteiger partial charge in [-0.15, -0.1) is 0 Å². The Morgan fingerprint density at radius 2 is 1.52 bits per heavy atom. The molecule has 0 spiro atoms. The summed E-state index contributed by atoms with van der Waals surface area (Å²) in [5, 5.41) is 2.86. The van der Waals surface area contributed by atoms with Crippen LogP contribution in [0.2, 0.25) is 0 Å². The number of carbonyl (C=O) groups excluding carboxylic acids is 1. The molecule has 0 fully saturated rings. The molecule has 0 aliphatic carbocycles. The quantitative estimate of drug-likeness (QED) is 0.661. The van der Waals surface area contributed by atoms with Crippen molar-refractivity contribution in [1.82, 2.24) is 0 Å². The normalized spacial score (nSPS) is 10.1. The van der Waals surface area contributed by atoms with Crippen LogP contribution in [0.5, 0.6) is 11.5 Å². The molecule has 3 nitrogen and oxygen atoms in total. The summed E-state index contributed by atoms with van der Waals surface area (Å²) in [6.07, 6.45) is 0. The number of rotatable bonds is 4. The van der Waals surface area contributed by atoms with E-state index in [1.165, 1.54) is 0 Å². The van der Waals surface area contributed by atoms with E-state index in [2.05, 4.69) is 21.2 Å². The zero-order chi connectivity index (χ0) is 16.1. The van der Waals surface area contributed by atoms with E-state index in [0.29, 0.717) is 11.3 Å². The highest BCUT2D eigenvalue weighted by molar-refractivity contribution is 9.10. The van der Waals surface area contributed by atoms with E-state index in [-0.39, 0.29) is 5.91 Å². The fourth-order valence-corrected chi connectivity index (χ4v) is 2.47. The lowest BCUT2D eigenvalue weighted by molar-refractivity contribution is 0.102. The fraction of sp³-hybridized carbons (Fsp3) is 0. The molecular weight excluding hydrogens is 354 g/mol. The van der Waals surface area contributed by atoms with Crippen LogP contribution < -0.4 is 10.1 Å². The highest BCUT2D eigenvalue weighted by Crippen LogP contribution is 2.22. The number of para-hydroxylation sites is 1. The third kappa shape index (κ3) is 4.20. The van der Waals surface area contributed by atoms with Crippen LogP contribution in [-0.4, -0.2) is 5.91 Å². The number of ether oxygens (including phenoxy) is 1. The van der Waals surface area contributed by atoms with E-state index in [0.717, 1.165) is 15.9 Å². The Morgan fingerprint density at radius 3 is 2.22 bits per heavy atom. The van der Waals surface area contributed by atoms with Crippen LogP contribution in [0, 0.1) is 0 Å². The molecule has 3 aromatic rings. The molecular formula is C19H14BrNO2. The van der Waals surface area contributed by atoms with Crippen LogP contribution in [0.25, 0.3) is 0 Å². The van der Waals surface area contributed by atoms with Gasteiger partial charge in [-0.3, -0.25) is 4.79 Å². The van der Waals surface area contributed by atoms with Crippen molar-refractivity contribution in [2.45, 2.75) is 0 Å². The zero-order valence-electron chi connectivity index (χ0n) is 12.2. The molecule has 0 unspecified atom stereocenters. The van der Waals surface area contributed by atoms with E-state index in [9.17, 15) is 4.79 Å². The molecule has 0 saturated carbocycles. The second-order valence-electron chi connectivity index (χ2n) is 4.90. The number of hydrogen-bond acceptors (Lipinski definition) is 2. The summed E-state index contributed by atoms with van der Waals surface area (Å²) in [7, 11) is 0. The smallest absolute Gasteiger partial charge is 0.255 e. The predicted octanol–water partition coefficient (Wildman–Crippen LogP) is 5.49. The third-order valence-electron chi connectivity index (χ3n) is 3.18. The number of halogens is 1. The van der Waals surface area contributed by atoms with Crippen molar-refractivity contribution < 1.29 is 9.53 Å². The van der Waals surface area contributed by atoms with Gasteiger partial charge in [-0.2, -0.15) is 0 Å². The molecule has 1 N–H and O–H groups in total. The van der Waals surface area contributed by atoms with Gasteiger partial charge in [0, 0.05) is 15.7 Å². The Morgan fingerprint density at radius 1 is 0.826 bits per heavy atom. The lowest BCUT2D eigenvalue weighted by Gasteiger charge is -2.08. The van der Waals surface area contributed by atoms with Crippen LogP contribution >= 0.6 is 15.9 Å². The van der Waals surface area contributed by atoms with Crippen molar-refractivity contribution >= 4 is 27.5 Å². The van der Waals surface area contributed by atoms with Gasteiger partial charge in [-0.05, 0) is 54.6 Å². The molecule has 0 atom stereocenters. The molecule has 1 amide bonds. The number of nitrogens with one attached hydrogen (secondary N) is 1. The van der Waals surface area contributed by atoms with Gasteiger partial charge in [0.05, 0.1) is 0 Å². The van der Waals surface area contributed by atoms with Crippen molar-refractivity contribution in [3.63, 3.8) is 0 Å². The Labute approximate surface area is 143 Å². The van der Waals surface area contributed by atoms with Crippen molar-refractivity contribution in [3.8, 4) is 11.5 Å². The number of amides is 1. The molecule has 4 heteroatoms. The van der Waals surface area contributed by atoms with Crippen LogP contribution in [0.15, 0.2) is 83.3 Å². The molecule has 3 aromatic carbocycles. The summed E-state index contributed by atoms with van der Waals surface area (Å²) in [6, 6.07) is 24.0. The first-order valence-corrected chi connectivity index (χ1v) is 7.90. The first kappa shape index (κ1) is 15.3.